The zero-order valence-electron chi connectivity index (χ0n) is 15.3. The lowest BCUT2D eigenvalue weighted by Gasteiger charge is -2.23. The summed E-state index contributed by atoms with van der Waals surface area (Å²) in [5.41, 5.74) is 2.45. The van der Waals surface area contributed by atoms with E-state index in [0.29, 0.717) is 22.3 Å². The summed E-state index contributed by atoms with van der Waals surface area (Å²) < 4.78 is 1.58. The molecule has 7 heteroatoms. The van der Waals surface area contributed by atoms with E-state index in [2.05, 4.69) is 46.7 Å². The van der Waals surface area contributed by atoms with Gasteiger partial charge in [0.1, 0.15) is 12.7 Å². The van der Waals surface area contributed by atoms with Gasteiger partial charge in [0.05, 0.1) is 17.9 Å². The van der Waals surface area contributed by atoms with Crippen LogP contribution in [0, 0.1) is 5.92 Å². The largest absolute Gasteiger partial charge is 0.323 e. The molecular weight excluding hydrogens is 362 g/mol. The van der Waals surface area contributed by atoms with E-state index in [0.717, 1.165) is 5.56 Å². The third-order valence-corrected chi connectivity index (χ3v) is 4.44. The smallest absolute Gasteiger partial charge is 0.238 e. The molecule has 2 N–H and O–H groups in total. The Morgan fingerprint density at radius 2 is 1.96 bits per heavy atom. The Balaban J connectivity index is 1.70. The molecule has 3 rings (SSSR count). The van der Waals surface area contributed by atoms with Gasteiger partial charge in [0.25, 0.3) is 0 Å². The number of carbonyl (C=O) groups excluding carboxylic acids is 1. The number of rotatable bonds is 7. The van der Waals surface area contributed by atoms with E-state index in [1.165, 1.54) is 6.33 Å². The maximum atomic E-state index is 12.5. The fourth-order valence-electron chi connectivity index (χ4n) is 2.94. The SMILES string of the molecule is CC(C)[C@H](NCC(=O)Nc1cc(Cl)ccc1-n1cncn1)c1ccccc1. The fraction of sp³-hybridized carbons (Fsp3) is 0.250. The van der Waals surface area contributed by atoms with Crippen molar-refractivity contribution >= 4 is 23.2 Å². The quantitative estimate of drug-likeness (QED) is 0.650. The van der Waals surface area contributed by atoms with Crippen molar-refractivity contribution < 1.29 is 4.79 Å². The normalized spacial score (nSPS) is 12.1. The summed E-state index contributed by atoms with van der Waals surface area (Å²) in [7, 11) is 0. The molecule has 0 aliphatic heterocycles. The number of benzene rings is 2. The fourth-order valence-corrected chi connectivity index (χ4v) is 3.11. The molecule has 0 unspecified atom stereocenters. The van der Waals surface area contributed by atoms with E-state index in [1.807, 2.05) is 18.2 Å². The highest BCUT2D eigenvalue weighted by atomic mass is 35.5. The molecule has 0 aliphatic rings. The Bertz CT molecular complexity index is 881. The standard InChI is InChI=1S/C20H22ClN5O/c1-14(2)20(15-6-4-3-5-7-15)23-11-19(27)25-17-10-16(21)8-9-18(17)26-13-22-12-24-26/h3-10,12-14,20,23H,11H2,1-2H3,(H,25,27)/t20-/m0/s1. The third-order valence-electron chi connectivity index (χ3n) is 4.21. The molecule has 140 valence electrons. The van der Waals surface area contributed by atoms with E-state index >= 15 is 0 Å². The van der Waals surface area contributed by atoms with Crippen LogP contribution < -0.4 is 10.6 Å². The molecule has 0 fully saturated rings. The van der Waals surface area contributed by atoms with Crippen LogP contribution in [0.2, 0.25) is 5.02 Å². The molecule has 27 heavy (non-hydrogen) atoms. The number of amides is 1. The van der Waals surface area contributed by atoms with Crippen molar-refractivity contribution in [2.24, 2.45) is 5.92 Å². The van der Waals surface area contributed by atoms with Crippen molar-refractivity contribution in [3.8, 4) is 5.69 Å². The Morgan fingerprint density at radius 3 is 2.63 bits per heavy atom. The van der Waals surface area contributed by atoms with Gasteiger partial charge >= 0.3 is 0 Å². The Kier molecular flexibility index (Phi) is 6.21. The van der Waals surface area contributed by atoms with Crippen LogP contribution in [0.4, 0.5) is 5.69 Å². The number of halogens is 1. The highest BCUT2D eigenvalue weighted by Gasteiger charge is 2.17. The zero-order chi connectivity index (χ0) is 19.2. The lowest BCUT2D eigenvalue weighted by atomic mass is 9.96. The predicted molar refractivity (Wildman–Crippen MR) is 107 cm³/mol. The monoisotopic (exact) mass is 383 g/mol. The average Bonchev–Trinajstić information content (AvgIpc) is 3.17. The predicted octanol–water partition coefficient (Wildman–Crippen LogP) is 3.85. The Labute approximate surface area is 163 Å². The lowest BCUT2D eigenvalue weighted by molar-refractivity contribution is -0.115. The van der Waals surface area contributed by atoms with Crippen LogP contribution >= 0.6 is 11.6 Å². The van der Waals surface area contributed by atoms with Gasteiger partial charge in [-0.1, -0.05) is 55.8 Å². The van der Waals surface area contributed by atoms with Crippen LogP contribution in [-0.2, 0) is 4.79 Å². The molecule has 0 spiro atoms. The third kappa shape index (κ3) is 4.93. The number of hydrogen-bond donors (Lipinski definition) is 2. The van der Waals surface area contributed by atoms with Crippen LogP contribution in [-0.4, -0.2) is 27.2 Å². The topological polar surface area (TPSA) is 71.8 Å². The molecular formula is C20H22ClN5O. The van der Waals surface area contributed by atoms with Gasteiger partial charge in [-0.05, 0) is 29.7 Å². The minimum Gasteiger partial charge on any atom is -0.323 e. The summed E-state index contributed by atoms with van der Waals surface area (Å²) in [6.45, 7) is 4.44. The maximum Gasteiger partial charge on any atom is 0.238 e. The van der Waals surface area contributed by atoms with Gasteiger partial charge in [-0.25, -0.2) is 9.67 Å². The minimum atomic E-state index is -0.153. The lowest BCUT2D eigenvalue weighted by Crippen LogP contribution is -2.33. The van der Waals surface area contributed by atoms with Crippen molar-refractivity contribution in [1.82, 2.24) is 20.1 Å². The Hall–Kier alpha value is -2.70. The molecule has 3 aromatic rings. The number of nitrogens with zero attached hydrogens (tertiary/aromatic N) is 3. The number of carbonyl (C=O) groups is 1. The summed E-state index contributed by atoms with van der Waals surface area (Å²) in [5.74, 6) is 0.192. The van der Waals surface area contributed by atoms with Gasteiger partial charge < -0.3 is 10.6 Å². The zero-order valence-corrected chi connectivity index (χ0v) is 16.0. The first-order chi connectivity index (χ1) is 13.0. The van der Waals surface area contributed by atoms with Crippen molar-refractivity contribution in [3.63, 3.8) is 0 Å². The highest BCUT2D eigenvalue weighted by Crippen LogP contribution is 2.24. The molecule has 0 bridgehead atoms. The molecule has 1 atom stereocenters. The van der Waals surface area contributed by atoms with Crippen molar-refractivity contribution in [3.05, 3.63) is 71.8 Å². The number of aromatic nitrogens is 3. The van der Waals surface area contributed by atoms with E-state index in [1.54, 1.807) is 29.2 Å². The van der Waals surface area contributed by atoms with Gasteiger partial charge in [0, 0.05) is 11.1 Å². The molecule has 2 aromatic carbocycles. The minimum absolute atomic E-state index is 0.0890. The number of nitrogens with one attached hydrogen (secondary N) is 2. The van der Waals surface area contributed by atoms with Crippen LogP contribution in [0.5, 0.6) is 0 Å². The van der Waals surface area contributed by atoms with Crippen LogP contribution in [0.15, 0.2) is 61.2 Å². The summed E-state index contributed by atoms with van der Waals surface area (Å²) >= 11 is 6.10. The van der Waals surface area contributed by atoms with Crippen LogP contribution in [0.3, 0.4) is 0 Å². The second kappa shape index (κ2) is 8.79. The van der Waals surface area contributed by atoms with Gasteiger partial charge in [-0.15, -0.1) is 0 Å². The first-order valence-corrected chi connectivity index (χ1v) is 9.15. The van der Waals surface area contributed by atoms with Gasteiger partial charge in [0.15, 0.2) is 0 Å². The van der Waals surface area contributed by atoms with E-state index in [9.17, 15) is 4.79 Å². The second-order valence-electron chi connectivity index (χ2n) is 6.56. The van der Waals surface area contributed by atoms with Crippen LogP contribution in [0.1, 0.15) is 25.5 Å². The molecule has 0 saturated heterocycles. The molecule has 1 amide bonds. The van der Waals surface area contributed by atoms with Crippen molar-refractivity contribution in [2.45, 2.75) is 19.9 Å². The summed E-state index contributed by atoms with van der Waals surface area (Å²) in [5, 5.41) is 10.9. The molecule has 1 aromatic heterocycles. The maximum absolute atomic E-state index is 12.5. The molecule has 0 saturated carbocycles. The average molecular weight is 384 g/mol. The molecule has 0 aliphatic carbocycles. The van der Waals surface area contributed by atoms with Crippen molar-refractivity contribution in [1.29, 1.82) is 0 Å². The first kappa shape index (κ1) is 19.1. The molecule has 6 nitrogen and oxygen atoms in total. The van der Waals surface area contributed by atoms with Gasteiger partial charge in [-0.3, -0.25) is 4.79 Å². The summed E-state index contributed by atoms with van der Waals surface area (Å²) in [4.78, 5) is 16.5. The van der Waals surface area contributed by atoms with Gasteiger partial charge in [-0.2, -0.15) is 5.10 Å². The van der Waals surface area contributed by atoms with E-state index < -0.39 is 0 Å². The van der Waals surface area contributed by atoms with Gasteiger partial charge in [0.2, 0.25) is 5.91 Å². The van der Waals surface area contributed by atoms with E-state index in [-0.39, 0.29) is 18.5 Å². The van der Waals surface area contributed by atoms with E-state index in [4.69, 9.17) is 11.6 Å². The summed E-state index contributed by atoms with van der Waals surface area (Å²) in [6.07, 6.45) is 3.01. The first-order valence-electron chi connectivity index (χ1n) is 8.77. The highest BCUT2D eigenvalue weighted by molar-refractivity contribution is 6.31. The number of anilines is 1. The van der Waals surface area contributed by atoms with Crippen molar-refractivity contribution in [2.75, 3.05) is 11.9 Å². The molecule has 0 radical (unpaired) electrons. The number of hydrogen-bond acceptors (Lipinski definition) is 4. The summed E-state index contributed by atoms with van der Waals surface area (Å²) in [6, 6.07) is 15.5. The van der Waals surface area contributed by atoms with Crippen LogP contribution in [0.25, 0.3) is 5.69 Å². The molecule has 1 heterocycles. The Morgan fingerprint density at radius 1 is 1.19 bits per heavy atom. The second-order valence-corrected chi connectivity index (χ2v) is 7.00.